The Kier molecular flexibility index (Phi) is 5.05. The van der Waals surface area contributed by atoms with Crippen LogP contribution in [-0.2, 0) is 4.79 Å². The van der Waals surface area contributed by atoms with Crippen molar-refractivity contribution in [2.24, 2.45) is 0 Å². The second-order valence-electron chi connectivity index (χ2n) is 3.61. The highest BCUT2D eigenvalue weighted by atomic mass is 16.5. The molecule has 0 radical (unpaired) electrons. The average Bonchev–Trinajstić information content (AvgIpc) is 2.42. The molecule has 1 rings (SSSR count). The number of aliphatic carboxylic acids is 1. The lowest BCUT2D eigenvalue weighted by atomic mass is 10.2. The smallest absolute Gasteiger partial charge is 0.330 e. The maximum absolute atomic E-state index is 10.9. The number of hydrogen-bond acceptors (Lipinski definition) is 5. The lowest BCUT2D eigenvalue weighted by Gasteiger charge is -2.16. The van der Waals surface area contributed by atoms with Crippen LogP contribution in [0, 0.1) is 0 Å². The molecule has 0 fully saturated rings. The fourth-order valence-corrected chi connectivity index (χ4v) is 1.57. The minimum atomic E-state index is -1.02. The summed E-state index contributed by atoms with van der Waals surface area (Å²) >= 11 is 0. The fraction of sp³-hybridized carbons (Fsp3) is 0.308. The Bertz CT molecular complexity index is 447. The molecule has 6 nitrogen and oxygen atoms in total. The zero-order valence-electron chi connectivity index (χ0n) is 11.1. The number of anilines is 1. The van der Waals surface area contributed by atoms with Gasteiger partial charge in [0.2, 0.25) is 5.75 Å². The van der Waals surface area contributed by atoms with Crippen molar-refractivity contribution in [3.63, 3.8) is 0 Å². The Labute approximate surface area is 111 Å². The van der Waals surface area contributed by atoms with Crippen LogP contribution in [0.25, 0.3) is 0 Å². The van der Waals surface area contributed by atoms with Crippen molar-refractivity contribution < 1.29 is 24.1 Å². The molecule has 0 bridgehead atoms. The number of ether oxygens (including phenoxy) is 3. The van der Waals surface area contributed by atoms with Gasteiger partial charge >= 0.3 is 5.97 Å². The van der Waals surface area contributed by atoms with E-state index in [2.05, 4.69) is 11.9 Å². The molecule has 1 aromatic rings. The summed E-state index contributed by atoms with van der Waals surface area (Å²) in [4.78, 5) is 10.9. The van der Waals surface area contributed by atoms with E-state index in [-0.39, 0.29) is 0 Å². The molecule has 6 heteroatoms. The predicted octanol–water partition coefficient (Wildman–Crippen LogP) is 1.76. The molecule has 0 aliphatic carbocycles. The normalized spacial score (nSPS) is 11.3. The van der Waals surface area contributed by atoms with E-state index in [0.29, 0.717) is 22.9 Å². The van der Waals surface area contributed by atoms with Gasteiger partial charge in [0.1, 0.15) is 6.04 Å². The highest BCUT2D eigenvalue weighted by molar-refractivity contribution is 5.80. The quantitative estimate of drug-likeness (QED) is 0.733. The zero-order valence-corrected chi connectivity index (χ0v) is 11.1. The monoisotopic (exact) mass is 267 g/mol. The summed E-state index contributed by atoms with van der Waals surface area (Å²) in [6, 6.07) is 2.35. The minimum Gasteiger partial charge on any atom is -0.493 e. The first kappa shape index (κ1) is 14.7. The molecule has 0 saturated carbocycles. The molecular formula is C13H17NO5. The van der Waals surface area contributed by atoms with Gasteiger partial charge in [-0.2, -0.15) is 0 Å². The van der Waals surface area contributed by atoms with E-state index >= 15 is 0 Å². The number of carboxylic acids is 1. The number of nitrogens with one attached hydrogen (secondary N) is 1. The van der Waals surface area contributed by atoms with Crippen molar-refractivity contribution in [1.82, 2.24) is 0 Å². The van der Waals surface area contributed by atoms with Crippen molar-refractivity contribution >= 4 is 11.7 Å². The van der Waals surface area contributed by atoms with Crippen LogP contribution in [0.2, 0.25) is 0 Å². The Morgan fingerprint density at radius 1 is 1.26 bits per heavy atom. The number of methoxy groups -OCH3 is 3. The molecule has 2 N–H and O–H groups in total. The van der Waals surface area contributed by atoms with Gasteiger partial charge in [0, 0.05) is 17.8 Å². The molecule has 0 aliphatic heterocycles. The van der Waals surface area contributed by atoms with Crippen molar-refractivity contribution in [1.29, 1.82) is 0 Å². The van der Waals surface area contributed by atoms with Crippen LogP contribution >= 0.6 is 0 Å². The number of hydrogen-bond donors (Lipinski definition) is 2. The molecule has 19 heavy (non-hydrogen) atoms. The summed E-state index contributed by atoms with van der Waals surface area (Å²) < 4.78 is 15.5. The Balaban J connectivity index is 3.15. The first-order valence-electron chi connectivity index (χ1n) is 5.49. The fourth-order valence-electron chi connectivity index (χ4n) is 1.57. The number of benzene rings is 1. The molecule has 1 atom stereocenters. The van der Waals surface area contributed by atoms with Gasteiger partial charge in [-0.05, 0) is 0 Å². The predicted molar refractivity (Wildman–Crippen MR) is 71.3 cm³/mol. The van der Waals surface area contributed by atoms with Crippen LogP contribution < -0.4 is 19.5 Å². The van der Waals surface area contributed by atoms with Crippen LogP contribution in [0.1, 0.15) is 0 Å². The summed E-state index contributed by atoms with van der Waals surface area (Å²) in [5.41, 5.74) is 0.529. The van der Waals surface area contributed by atoms with Gasteiger partial charge in [-0.15, -0.1) is 6.58 Å². The van der Waals surface area contributed by atoms with Gasteiger partial charge in [0.05, 0.1) is 21.3 Å². The van der Waals surface area contributed by atoms with E-state index < -0.39 is 12.0 Å². The topological polar surface area (TPSA) is 77.0 Å². The first-order valence-corrected chi connectivity index (χ1v) is 5.49. The second-order valence-corrected chi connectivity index (χ2v) is 3.61. The molecule has 1 aromatic carbocycles. The maximum atomic E-state index is 10.9. The van der Waals surface area contributed by atoms with Crippen molar-refractivity contribution in [2.45, 2.75) is 6.04 Å². The Morgan fingerprint density at radius 3 is 2.11 bits per heavy atom. The summed E-state index contributed by atoms with van der Waals surface area (Å²) in [6.07, 6.45) is 1.30. The molecule has 0 heterocycles. The van der Waals surface area contributed by atoms with Crippen LogP contribution in [0.3, 0.4) is 0 Å². The molecule has 0 amide bonds. The van der Waals surface area contributed by atoms with E-state index in [1.54, 1.807) is 12.1 Å². The van der Waals surface area contributed by atoms with Crippen molar-refractivity contribution in [3.8, 4) is 17.2 Å². The van der Waals surface area contributed by atoms with E-state index in [1.807, 2.05) is 0 Å². The van der Waals surface area contributed by atoms with E-state index in [9.17, 15) is 4.79 Å². The first-order chi connectivity index (χ1) is 9.07. The van der Waals surface area contributed by atoms with Gasteiger partial charge in [-0.3, -0.25) is 0 Å². The standard InChI is InChI=1S/C13H17NO5/c1-5-9(13(15)16)14-8-6-10(17-2)12(19-4)11(7-8)18-3/h5-7,9,14H,1H2,2-4H3,(H,15,16). The van der Waals surface area contributed by atoms with Crippen molar-refractivity contribution in [3.05, 3.63) is 24.8 Å². The molecule has 1 unspecified atom stereocenters. The number of rotatable bonds is 7. The number of carboxylic acid groups (broad SMARTS) is 1. The third-order valence-corrected chi connectivity index (χ3v) is 2.49. The lowest BCUT2D eigenvalue weighted by molar-refractivity contribution is -0.136. The van der Waals surface area contributed by atoms with Crippen LogP contribution in [0.4, 0.5) is 5.69 Å². The van der Waals surface area contributed by atoms with Crippen molar-refractivity contribution in [2.75, 3.05) is 26.6 Å². The molecule has 104 valence electrons. The molecule has 0 saturated heterocycles. The molecule has 0 aromatic heterocycles. The Hall–Kier alpha value is -2.37. The van der Waals surface area contributed by atoms with Gasteiger partial charge in [-0.1, -0.05) is 6.08 Å². The average molecular weight is 267 g/mol. The van der Waals surface area contributed by atoms with Gasteiger partial charge in [0.15, 0.2) is 11.5 Å². The van der Waals surface area contributed by atoms with Gasteiger partial charge in [-0.25, -0.2) is 4.79 Å². The highest BCUT2D eigenvalue weighted by Gasteiger charge is 2.17. The number of carbonyl (C=O) groups is 1. The summed E-state index contributed by atoms with van der Waals surface area (Å²) in [5, 5.41) is 11.8. The third kappa shape index (κ3) is 3.31. The third-order valence-electron chi connectivity index (χ3n) is 2.49. The van der Waals surface area contributed by atoms with Gasteiger partial charge in [0.25, 0.3) is 0 Å². The molecular weight excluding hydrogens is 250 g/mol. The van der Waals surface area contributed by atoms with Crippen LogP contribution in [0.5, 0.6) is 17.2 Å². The summed E-state index contributed by atoms with van der Waals surface area (Å²) in [5.74, 6) is 0.305. The van der Waals surface area contributed by atoms with Crippen LogP contribution in [0.15, 0.2) is 24.8 Å². The largest absolute Gasteiger partial charge is 0.493 e. The Morgan fingerprint density at radius 2 is 1.79 bits per heavy atom. The lowest BCUT2D eigenvalue weighted by Crippen LogP contribution is -2.26. The van der Waals surface area contributed by atoms with Gasteiger partial charge < -0.3 is 24.6 Å². The van der Waals surface area contributed by atoms with E-state index in [4.69, 9.17) is 19.3 Å². The van der Waals surface area contributed by atoms with E-state index in [1.165, 1.54) is 27.4 Å². The van der Waals surface area contributed by atoms with E-state index in [0.717, 1.165) is 0 Å². The SMILES string of the molecule is C=CC(Nc1cc(OC)c(OC)c(OC)c1)C(=O)O. The minimum absolute atomic E-state index is 0.442. The second kappa shape index (κ2) is 6.53. The molecule has 0 aliphatic rings. The van der Waals surface area contributed by atoms with Crippen LogP contribution in [-0.4, -0.2) is 38.4 Å². The zero-order chi connectivity index (χ0) is 14.4. The summed E-state index contributed by atoms with van der Waals surface area (Å²) in [6.45, 7) is 3.47. The maximum Gasteiger partial charge on any atom is 0.330 e. The highest BCUT2D eigenvalue weighted by Crippen LogP contribution is 2.40. The summed E-state index contributed by atoms with van der Waals surface area (Å²) in [7, 11) is 4.48. The molecule has 0 spiro atoms.